The molecule has 0 aliphatic heterocycles. The molecule has 0 saturated heterocycles. The predicted molar refractivity (Wildman–Crippen MR) is 130 cm³/mol. The Hall–Kier alpha value is -0.0400. The highest BCUT2D eigenvalue weighted by Gasteiger charge is 2.24. The lowest BCUT2D eigenvalue weighted by atomic mass is 9.83. The molecule has 3 atom stereocenters. The van der Waals surface area contributed by atoms with Crippen molar-refractivity contribution in [2.75, 3.05) is 13.6 Å². The van der Waals surface area contributed by atoms with Crippen molar-refractivity contribution in [3.63, 3.8) is 0 Å². The van der Waals surface area contributed by atoms with E-state index in [-0.39, 0.29) is 0 Å². The number of hydrogen-bond donors (Lipinski definition) is 0. The van der Waals surface area contributed by atoms with Gasteiger partial charge < -0.3 is 4.90 Å². The highest BCUT2D eigenvalue weighted by molar-refractivity contribution is 4.78. The first-order valence-corrected chi connectivity index (χ1v) is 13.2. The first-order chi connectivity index (χ1) is 13.5. The Morgan fingerprint density at radius 1 is 0.607 bits per heavy atom. The molecule has 0 spiro atoms. The van der Waals surface area contributed by atoms with Gasteiger partial charge in [0.15, 0.2) is 0 Å². The summed E-state index contributed by atoms with van der Waals surface area (Å²) in [6.45, 7) is 15.4. The number of nitrogens with zero attached hydrogens (tertiary/aromatic N) is 1. The van der Waals surface area contributed by atoms with Crippen molar-refractivity contribution in [1.29, 1.82) is 0 Å². The van der Waals surface area contributed by atoms with Crippen molar-refractivity contribution in [3.8, 4) is 0 Å². The molecule has 0 aromatic heterocycles. The molecule has 28 heavy (non-hydrogen) atoms. The van der Waals surface area contributed by atoms with E-state index >= 15 is 0 Å². The zero-order valence-corrected chi connectivity index (χ0v) is 21.1. The van der Waals surface area contributed by atoms with Gasteiger partial charge in [0.2, 0.25) is 0 Å². The molecule has 0 amide bonds. The largest absolute Gasteiger partial charge is 0.303 e. The summed E-state index contributed by atoms with van der Waals surface area (Å²) >= 11 is 0. The van der Waals surface area contributed by atoms with Crippen LogP contribution in [0.1, 0.15) is 138 Å². The Balaban J connectivity index is 4.79. The molecular weight excluding hydrogens is 338 g/mol. The van der Waals surface area contributed by atoms with E-state index in [2.05, 4.69) is 53.5 Å². The molecule has 1 nitrogen and oxygen atoms in total. The van der Waals surface area contributed by atoms with Crippen LogP contribution < -0.4 is 0 Å². The quantitative estimate of drug-likeness (QED) is 0.186. The van der Waals surface area contributed by atoms with Gasteiger partial charge in [-0.1, -0.05) is 119 Å². The minimum absolute atomic E-state index is 0.807. The van der Waals surface area contributed by atoms with E-state index in [1.807, 2.05) is 0 Å². The van der Waals surface area contributed by atoms with Gasteiger partial charge in [0.05, 0.1) is 0 Å². The van der Waals surface area contributed by atoms with Crippen molar-refractivity contribution in [2.24, 2.45) is 17.8 Å². The van der Waals surface area contributed by atoms with Gasteiger partial charge in [-0.05, 0) is 50.6 Å². The number of hydrogen-bond acceptors (Lipinski definition) is 1. The summed E-state index contributed by atoms with van der Waals surface area (Å²) in [5, 5.41) is 0. The standard InChI is InChI=1S/C27H57N/c1-8-12-13-14-15-21-26(22-17-20-25(10-3)18-9-2)27(28(7)11-4)23-16-19-24(5)6/h24-27H,8-23H2,1-7H3. The first-order valence-electron chi connectivity index (χ1n) is 13.2. The van der Waals surface area contributed by atoms with Crippen LogP contribution in [-0.4, -0.2) is 24.5 Å². The zero-order valence-electron chi connectivity index (χ0n) is 21.1. The van der Waals surface area contributed by atoms with Crippen LogP contribution in [0.15, 0.2) is 0 Å². The van der Waals surface area contributed by atoms with E-state index in [4.69, 9.17) is 0 Å². The van der Waals surface area contributed by atoms with Crippen molar-refractivity contribution in [3.05, 3.63) is 0 Å². The molecule has 170 valence electrons. The summed E-state index contributed by atoms with van der Waals surface area (Å²) in [5.74, 6) is 2.73. The molecule has 1 heteroatoms. The first kappa shape index (κ1) is 28.0. The highest BCUT2D eigenvalue weighted by Crippen LogP contribution is 2.29. The van der Waals surface area contributed by atoms with Crippen molar-refractivity contribution in [1.82, 2.24) is 4.90 Å². The Morgan fingerprint density at radius 3 is 1.82 bits per heavy atom. The minimum Gasteiger partial charge on any atom is -0.303 e. The SMILES string of the molecule is CCCCCCCC(CCCC(CC)CCC)C(CCCC(C)C)N(C)CC. The minimum atomic E-state index is 0.807. The van der Waals surface area contributed by atoms with Gasteiger partial charge in [-0.3, -0.25) is 0 Å². The Morgan fingerprint density at radius 2 is 1.25 bits per heavy atom. The van der Waals surface area contributed by atoms with Gasteiger partial charge in [0, 0.05) is 6.04 Å². The molecule has 0 N–H and O–H groups in total. The smallest absolute Gasteiger partial charge is 0.0120 e. The van der Waals surface area contributed by atoms with Gasteiger partial charge in [-0.15, -0.1) is 0 Å². The molecule has 0 aromatic rings. The van der Waals surface area contributed by atoms with E-state index in [0.29, 0.717) is 0 Å². The number of rotatable bonds is 20. The molecule has 3 unspecified atom stereocenters. The molecule has 0 saturated carbocycles. The van der Waals surface area contributed by atoms with Crippen LogP contribution in [0.4, 0.5) is 0 Å². The average molecular weight is 396 g/mol. The third-order valence-corrected chi connectivity index (χ3v) is 7.03. The Bertz CT molecular complexity index is 311. The highest BCUT2D eigenvalue weighted by atomic mass is 15.1. The second-order valence-electron chi connectivity index (χ2n) is 9.92. The monoisotopic (exact) mass is 395 g/mol. The third kappa shape index (κ3) is 14.0. The van der Waals surface area contributed by atoms with Crippen molar-refractivity contribution < 1.29 is 0 Å². The average Bonchev–Trinajstić information content (AvgIpc) is 2.68. The summed E-state index contributed by atoms with van der Waals surface area (Å²) in [6, 6.07) is 0.807. The molecule has 0 aromatic carbocycles. The number of unbranched alkanes of at least 4 members (excludes halogenated alkanes) is 4. The second kappa shape index (κ2) is 19.0. The van der Waals surface area contributed by atoms with E-state index in [1.165, 1.54) is 103 Å². The van der Waals surface area contributed by atoms with Crippen LogP contribution in [0, 0.1) is 17.8 Å². The van der Waals surface area contributed by atoms with Crippen molar-refractivity contribution >= 4 is 0 Å². The molecular formula is C27H57N. The predicted octanol–water partition coefficient (Wildman–Crippen LogP) is 9.11. The van der Waals surface area contributed by atoms with Gasteiger partial charge in [0.1, 0.15) is 0 Å². The zero-order chi connectivity index (χ0) is 21.2. The van der Waals surface area contributed by atoms with Crippen LogP contribution in [0.5, 0.6) is 0 Å². The normalized spacial score (nSPS) is 15.3. The third-order valence-electron chi connectivity index (χ3n) is 7.03. The fraction of sp³-hybridized carbons (Fsp3) is 1.00. The molecule has 0 fully saturated rings. The van der Waals surface area contributed by atoms with Crippen molar-refractivity contribution in [2.45, 2.75) is 144 Å². The summed E-state index contributed by atoms with van der Waals surface area (Å²) in [6.07, 6.45) is 21.4. The van der Waals surface area contributed by atoms with E-state index in [1.54, 1.807) is 0 Å². The fourth-order valence-electron chi connectivity index (χ4n) is 4.95. The summed E-state index contributed by atoms with van der Waals surface area (Å²) in [5.41, 5.74) is 0. The van der Waals surface area contributed by atoms with Gasteiger partial charge in [-0.25, -0.2) is 0 Å². The maximum Gasteiger partial charge on any atom is 0.0120 e. The molecule has 0 bridgehead atoms. The lowest BCUT2D eigenvalue weighted by Gasteiger charge is -2.35. The summed E-state index contributed by atoms with van der Waals surface area (Å²) in [7, 11) is 2.38. The van der Waals surface area contributed by atoms with Crippen LogP contribution in [0.2, 0.25) is 0 Å². The maximum atomic E-state index is 2.68. The molecule has 0 aliphatic rings. The molecule has 0 heterocycles. The second-order valence-corrected chi connectivity index (χ2v) is 9.92. The van der Waals surface area contributed by atoms with Crippen LogP contribution >= 0.6 is 0 Å². The van der Waals surface area contributed by atoms with Gasteiger partial charge in [0.25, 0.3) is 0 Å². The lowest BCUT2D eigenvalue weighted by molar-refractivity contribution is 0.146. The van der Waals surface area contributed by atoms with Gasteiger partial charge in [-0.2, -0.15) is 0 Å². The van der Waals surface area contributed by atoms with E-state index in [0.717, 1.165) is 23.8 Å². The van der Waals surface area contributed by atoms with Gasteiger partial charge >= 0.3 is 0 Å². The van der Waals surface area contributed by atoms with E-state index in [9.17, 15) is 0 Å². The maximum absolute atomic E-state index is 2.68. The van der Waals surface area contributed by atoms with Crippen LogP contribution in [0.3, 0.4) is 0 Å². The summed E-state index contributed by atoms with van der Waals surface area (Å²) < 4.78 is 0. The fourth-order valence-corrected chi connectivity index (χ4v) is 4.95. The molecule has 0 radical (unpaired) electrons. The Kier molecular flexibility index (Phi) is 18.9. The van der Waals surface area contributed by atoms with Crippen LogP contribution in [-0.2, 0) is 0 Å². The topological polar surface area (TPSA) is 3.24 Å². The summed E-state index contributed by atoms with van der Waals surface area (Å²) in [4.78, 5) is 2.68. The Labute approximate surface area is 180 Å². The van der Waals surface area contributed by atoms with E-state index < -0.39 is 0 Å². The molecule has 0 rings (SSSR count). The molecule has 0 aliphatic carbocycles. The van der Waals surface area contributed by atoms with Crippen LogP contribution in [0.25, 0.3) is 0 Å². The lowest BCUT2D eigenvalue weighted by Crippen LogP contribution is -2.38.